The summed E-state index contributed by atoms with van der Waals surface area (Å²) in [5, 5.41) is 0. The Bertz CT molecular complexity index is 984. The Hall–Kier alpha value is -2.03. The predicted octanol–water partition coefficient (Wildman–Crippen LogP) is 3.91. The molecule has 0 spiro atoms. The highest BCUT2D eigenvalue weighted by Crippen LogP contribution is 2.26. The Morgan fingerprint density at radius 1 is 1.10 bits per heavy atom. The maximum absolute atomic E-state index is 13.1. The number of likely N-dealkylation sites (tertiary alicyclic amines) is 1. The Labute approximate surface area is 183 Å². The van der Waals surface area contributed by atoms with Gasteiger partial charge in [-0.2, -0.15) is 0 Å². The summed E-state index contributed by atoms with van der Waals surface area (Å²) in [5.41, 5.74) is 1.24. The van der Waals surface area contributed by atoms with Crippen molar-refractivity contribution < 1.29 is 17.9 Å². The lowest BCUT2D eigenvalue weighted by atomic mass is 10.2. The Kier molecular flexibility index (Phi) is 7.80. The molecular weight excluding hydrogens is 420 g/mol. The smallest absolute Gasteiger partial charge is 0.255 e. The van der Waals surface area contributed by atoms with Crippen molar-refractivity contribution in [2.75, 3.05) is 26.5 Å². The molecule has 8 heteroatoms. The van der Waals surface area contributed by atoms with Crippen LogP contribution in [0.4, 0.5) is 0 Å². The predicted molar refractivity (Wildman–Crippen MR) is 120 cm³/mol. The van der Waals surface area contributed by atoms with E-state index in [4.69, 9.17) is 4.74 Å². The highest BCUT2D eigenvalue weighted by Gasteiger charge is 2.23. The molecule has 0 atom stereocenters. The Balaban J connectivity index is 1.82. The lowest BCUT2D eigenvalue weighted by molar-refractivity contribution is 0.0758. The maximum Gasteiger partial charge on any atom is 0.255 e. The first kappa shape index (κ1) is 22.7. The zero-order chi connectivity index (χ0) is 21.6. The summed E-state index contributed by atoms with van der Waals surface area (Å²) in [4.78, 5) is 15.9. The topological polar surface area (TPSA) is 75.7 Å². The SMILES string of the molecule is COc1cccc(CNS(=O)(=O)c2ccc(SC)c(C(=O)N3CCCCCC3)c2)c1. The number of hydrogen-bond donors (Lipinski definition) is 1. The zero-order valence-corrected chi connectivity index (χ0v) is 19.0. The molecule has 0 aliphatic carbocycles. The Morgan fingerprint density at radius 2 is 1.83 bits per heavy atom. The number of nitrogens with zero attached hydrogens (tertiary/aromatic N) is 1. The summed E-state index contributed by atoms with van der Waals surface area (Å²) in [6, 6.07) is 12.0. The van der Waals surface area contributed by atoms with Gasteiger partial charge in [0.05, 0.1) is 17.6 Å². The monoisotopic (exact) mass is 448 g/mol. The number of nitrogens with one attached hydrogen (secondary N) is 1. The van der Waals surface area contributed by atoms with Crippen LogP contribution in [-0.2, 0) is 16.6 Å². The van der Waals surface area contributed by atoms with Gasteiger partial charge in [0.2, 0.25) is 10.0 Å². The van der Waals surface area contributed by atoms with E-state index in [1.807, 2.05) is 23.3 Å². The number of benzene rings is 2. The molecule has 1 fully saturated rings. The normalized spacial score (nSPS) is 14.9. The summed E-state index contributed by atoms with van der Waals surface area (Å²) in [6.45, 7) is 1.58. The van der Waals surface area contributed by atoms with Gasteiger partial charge < -0.3 is 9.64 Å². The molecule has 162 valence electrons. The molecule has 30 heavy (non-hydrogen) atoms. The van der Waals surface area contributed by atoms with Crippen molar-refractivity contribution in [3.63, 3.8) is 0 Å². The molecule has 0 aromatic heterocycles. The molecule has 2 aromatic rings. The lowest BCUT2D eigenvalue weighted by Gasteiger charge is -2.22. The number of carbonyl (C=O) groups excluding carboxylic acids is 1. The van der Waals surface area contributed by atoms with E-state index in [1.54, 1.807) is 31.4 Å². The van der Waals surface area contributed by atoms with Crippen LogP contribution in [0, 0.1) is 0 Å². The molecule has 1 heterocycles. The quantitative estimate of drug-likeness (QED) is 0.650. The van der Waals surface area contributed by atoms with Crippen LogP contribution in [0.3, 0.4) is 0 Å². The molecule has 3 rings (SSSR count). The van der Waals surface area contributed by atoms with Crippen molar-refractivity contribution in [1.29, 1.82) is 0 Å². The highest BCUT2D eigenvalue weighted by atomic mass is 32.2. The van der Waals surface area contributed by atoms with Gasteiger partial charge in [0.15, 0.2) is 0 Å². The third-order valence-corrected chi connectivity index (χ3v) is 7.40. The van der Waals surface area contributed by atoms with E-state index in [0.29, 0.717) is 11.3 Å². The second kappa shape index (κ2) is 10.3. The standard InChI is InChI=1S/C22H28N2O4S2/c1-28-18-9-7-8-17(14-18)16-23-30(26,27)19-10-11-21(29-2)20(15-19)22(25)24-12-5-3-4-6-13-24/h7-11,14-15,23H,3-6,12-13,16H2,1-2H3. The van der Waals surface area contributed by atoms with Crippen LogP contribution in [0.15, 0.2) is 52.3 Å². The van der Waals surface area contributed by atoms with Gasteiger partial charge in [0, 0.05) is 24.5 Å². The van der Waals surface area contributed by atoms with Crippen molar-refractivity contribution in [3.8, 4) is 5.75 Å². The molecule has 1 aliphatic heterocycles. The van der Waals surface area contributed by atoms with Crippen LogP contribution in [0.25, 0.3) is 0 Å². The van der Waals surface area contributed by atoms with E-state index in [1.165, 1.54) is 17.8 Å². The highest BCUT2D eigenvalue weighted by molar-refractivity contribution is 7.98. The number of sulfonamides is 1. The molecule has 0 saturated carbocycles. The number of ether oxygens (including phenoxy) is 1. The molecule has 1 amide bonds. The van der Waals surface area contributed by atoms with Crippen molar-refractivity contribution >= 4 is 27.7 Å². The third kappa shape index (κ3) is 5.56. The average Bonchev–Trinajstić information content (AvgIpc) is 3.06. The van der Waals surface area contributed by atoms with E-state index >= 15 is 0 Å². The number of thioether (sulfide) groups is 1. The van der Waals surface area contributed by atoms with Crippen LogP contribution >= 0.6 is 11.8 Å². The summed E-state index contributed by atoms with van der Waals surface area (Å²) >= 11 is 1.45. The molecule has 2 aromatic carbocycles. The van der Waals surface area contributed by atoms with Gasteiger partial charge in [-0.25, -0.2) is 13.1 Å². The molecule has 1 aliphatic rings. The Morgan fingerprint density at radius 3 is 2.50 bits per heavy atom. The van der Waals surface area contributed by atoms with E-state index in [0.717, 1.165) is 49.2 Å². The summed E-state index contributed by atoms with van der Waals surface area (Å²) in [5.74, 6) is 0.576. The van der Waals surface area contributed by atoms with Gasteiger partial charge in [-0.15, -0.1) is 11.8 Å². The van der Waals surface area contributed by atoms with Crippen molar-refractivity contribution in [2.45, 2.75) is 42.0 Å². The number of rotatable bonds is 7. The molecular formula is C22H28N2O4S2. The number of methoxy groups -OCH3 is 1. The van der Waals surface area contributed by atoms with E-state index in [-0.39, 0.29) is 17.3 Å². The fourth-order valence-electron chi connectivity index (χ4n) is 3.51. The minimum absolute atomic E-state index is 0.0916. The fourth-order valence-corrected chi connectivity index (χ4v) is 5.12. The van der Waals surface area contributed by atoms with Crippen molar-refractivity contribution in [1.82, 2.24) is 9.62 Å². The first-order valence-electron chi connectivity index (χ1n) is 10.0. The van der Waals surface area contributed by atoms with Crippen molar-refractivity contribution in [3.05, 3.63) is 53.6 Å². The maximum atomic E-state index is 13.1. The minimum Gasteiger partial charge on any atom is -0.497 e. The third-order valence-electron chi connectivity index (χ3n) is 5.21. The van der Waals surface area contributed by atoms with Crippen LogP contribution < -0.4 is 9.46 Å². The summed E-state index contributed by atoms with van der Waals surface area (Å²) < 4.78 is 33.6. The molecule has 0 bridgehead atoms. The largest absolute Gasteiger partial charge is 0.497 e. The van der Waals surface area contributed by atoms with Gasteiger partial charge in [-0.05, 0) is 55.0 Å². The molecule has 1 N–H and O–H groups in total. The first-order valence-corrected chi connectivity index (χ1v) is 12.8. The van der Waals surface area contributed by atoms with Gasteiger partial charge in [-0.1, -0.05) is 25.0 Å². The average molecular weight is 449 g/mol. The van der Waals surface area contributed by atoms with Crippen LogP contribution in [0.2, 0.25) is 0 Å². The zero-order valence-electron chi connectivity index (χ0n) is 17.4. The molecule has 0 unspecified atom stereocenters. The second-order valence-electron chi connectivity index (χ2n) is 7.24. The summed E-state index contributed by atoms with van der Waals surface area (Å²) in [7, 11) is -2.20. The van der Waals surface area contributed by atoms with Crippen molar-refractivity contribution in [2.24, 2.45) is 0 Å². The van der Waals surface area contributed by atoms with E-state index in [9.17, 15) is 13.2 Å². The van der Waals surface area contributed by atoms with Gasteiger partial charge >= 0.3 is 0 Å². The second-order valence-corrected chi connectivity index (χ2v) is 9.86. The van der Waals surface area contributed by atoms with Crippen LogP contribution in [-0.4, -0.2) is 45.7 Å². The fraction of sp³-hybridized carbons (Fsp3) is 0.409. The van der Waals surface area contributed by atoms with E-state index in [2.05, 4.69) is 4.72 Å². The first-order chi connectivity index (χ1) is 14.4. The number of amides is 1. The minimum atomic E-state index is -3.77. The van der Waals surface area contributed by atoms with Gasteiger partial charge in [0.1, 0.15) is 5.75 Å². The van der Waals surface area contributed by atoms with Crippen LogP contribution in [0.1, 0.15) is 41.6 Å². The van der Waals surface area contributed by atoms with Gasteiger partial charge in [0.25, 0.3) is 5.91 Å². The lowest BCUT2D eigenvalue weighted by Crippen LogP contribution is -2.32. The molecule has 0 radical (unpaired) electrons. The summed E-state index contributed by atoms with van der Waals surface area (Å²) in [6.07, 6.45) is 6.12. The molecule has 1 saturated heterocycles. The molecule has 6 nitrogen and oxygen atoms in total. The van der Waals surface area contributed by atoms with Gasteiger partial charge in [-0.3, -0.25) is 4.79 Å². The number of hydrogen-bond acceptors (Lipinski definition) is 5. The van der Waals surface area contributed by atoms with E-state index < -0.39 is 10.0 Å². The van der Waals surface area contributed by atoms with Crippen LogP contribution in [0.5, 0.6) is 5.75 Å². The number of carbonyl (C=O) groups is 1.